The van der Waals surface area contributed by atoms with Crippen LogP contribution in [0.4, 0.5) is 4.39 Å². The SMILES string of the molecule is FCCOCCOc1ccc(C#Cc2cc3cccnc3[nH]2)cc1. The van der Waals surface area contributed by atoms with Gasteiger partial charge in [-0.05, 0) is 48.4 Å². The van der Waals surface area contributed by atoms with Crippen LogP contribution in [0.2, 0.25) is 0 Å². The zero-order valence-corrected chi connectivity index (χ0v) is 13.1. The average Bonchev–Trinajstić information content (AvgIpc) is 3.04. The van der Waals surface area contributed by atoms with Crippen molar-refractivity contribution in [3.63, 3.8) is 0 Å². The van der Waals surface area contributed by atoms with Crippen LogP contribution < -0.4 is 4.74 Å². The zero-order valence-electron chi connectivity index (χ0n) is 13.1. The van der Waals surface area contributed by atoms with E-state index >= 15 is 0 Å². The summed E-state index contributed by atoms with van der Waals surface area (Å²) in [7, 11) is 0. The van der Waals surface area contributed by atoms with E-state index in [-0.39, 0.29) is 6.61 Å². The molecule has 3 aromatic rings. The molecule has 0 bridgehead atoms. The van der Waals surface area contributed by atoms with Crippen molar-refractivity contribution in [2.75, 3.05) is 26.5 Å². The number of halogens is 1. The molecular weight excluding hydrogens is 307 g/mol. The Morgan fingerprint density at radius 2 is 1.92 bits per heavy atom. The smallest absolute Gasteiger partial charge is 0.138 e. The van der Waals surface area contributed by atoms with Crippen LogP contribution in [-0.4, -0.2) is 36.5 Å². The normalized spacial score (nSPS) is 10.4. The Hall–Kier alpha value is -2.84. The van der Waals surface area contributed by atoms with Crippen molar-refractivity contribution in [1.82, 2.24) is 9.97 Å². The minimum Gasteiger partial charge on any atom is -0.491 e. The van der Waals surface area contributed by atoms with Gasteiger partial charge in [0.2, 0.25) is 0 Å². The Kier molecular flexibility index (Phi) is 5.44. The molecule has 0 atom stereocenters. The van der Waals surface area contributed by atoms with Gasteiger partial charge >= 0.3 is 0 Å². The van der Waals surface area contributed by atoms with Gasteiger partial charge < -0.3 is 14.5 Å². The van der Waals surface area contributed by atoms with Crippen molar-refractivity contribution in [1.29, 1.82) is 0 Å². The molecule has 1 aromatic carbocycles. The minimum atomic E-state index is -0.472. The van der Waals surface area contributed by atoms with Crippen molar-refractivity contribution >= 4 is 11.0 Å². The highest BCUT2D eigenvalue weighted by Gasteiger charge is 1.98. The number of aromatic nitrogens is 2. The van der Waals surface area contributed by atoms with E-state index in [9.17, 15) is 4.39 Å². The third-order valence-corrected chi connectivity index (χ3v) is 3.31. The molecule has 1 N–H and O–H groups in total. The summed E-state index contributed by atoms with van der Waals surface area (Å²) in [6, 6.07) is 13.4. The number of aromatic amines is 1. The fourth-order valence-electron chi connectivity index (χ4n) is 2.17. The van der Waals surface area contributed by atoms with Gasteiger partial charge in [0.05, 0.1) is 18.9 Å². The number of ether oxygens (including phenoxy) is 2. The molecular formula is C19H17FN2O2. The first-order valence-electron chi connectivity index (χ1n) is 7.67. The second kappa shape index (κ2) is 8.14. The number of H-pyrrole nitrogens is 1. The molecule has 0 saturated carbocycles. The first-order chi connectivity index (χ1) is 11.8. The molecule has 0 unspecified atom stereocenters. The van der Waals surface area contributed by atoms with Crippen molar-refractivity contribution < 1.29 is 13.9 Å². The number of fused-ring (bicyclic) bond motifs is 1. The number of nitrogens with zero attached hydrogens (tertiary/aromatic N) is 1. The summed E-state index contributed by atoms with van der Waals surface area (Å²) in [5, 5.41) is 1.04. The molecule has 24 heavy (non-hydrogen) atoms. The fourth-order valence-corrected chi connectivity index (χ4v) is 2.17. The highest BCUT2D eigenvalue weighted by atomic mass is 19.1. The lowest BCUT2D eigenvalue weighted by molar-refractivity contribution is 0.0897. The molecule has 0 aliphatic heterocycles. The van der Waals surface area contributed by atoms with Gasteiger partial charge in [-0.1, -0.05) is 5.92 Å². The molecule has 0 aliphatic carbocycles. The molecule has 0 spiro atoms. The Morgan fingerprint density at radius 1 is 1.04 bits per heavy atom. The second-order valence-electron chi connectivity index (χ2n) is 5.05. The fraction of sp³-hybridized carbons (Fsp3) is 0.211. The third kappa shape index (κ3) is 4.34. The van der Waals surface area contributed by atoms with Gasteiger partial charge in [0.1, 0.15) is 24.7 Å². The number of alkyl halides is 1. The molecule has 122 valence electrons. The van der Waals surface area contributed by atoms with E-state index in [1.54, 1.807) is 6.20 Å². The van der Waals surface area contributed by atoms with E-state index in [4.69, 9.17) is 9.47 Å². The summed E-state index contributed by atoms with van der Waals surface area (Å²) in [5.74, 6) is 6.93. The maximum absolute atomic E-state index is 11.9. The topological polar surface area (TPSA) is 47.1 Å². The number of hydrogen-bond acceptors (Lipinski definition) is 3. The van der Waals surface area contributed by atoms with Crippen LogP contribution in [-0.2, 0) is 4.74 Å². The monoisotopic (exact) mass is 324 g/mol. The summed E-state index contributed by atoms with van der Waals surface area (Å²) in [5.41, 5.74) is 2.55. The zero-order chi connectivity index (χ0) is 16.6. The number of hydrogen-bond donors (Lipinski definition) is 1. The van der Waals surface area contributed by atoms with Crippen LogP contribution in [0.15, 0.2) is 48.7 Å². The molecule has 0 amide bonds. The standard InChI is InChI=1S/C19H17FN2O2/c20-9-11-23-12-13-24-18-7-4-15(5-8-18)3-6-17-14-16-2-1-10-21-19(16)22-17/h1-2,4-5,7-8,10,14H,9,11-13H2,(H,21,22). The Bertz CT molecular complexity index is 814. The molecule has 2 aromatic heterocycles. The number of nitrogens with one attached hydrogen (secondary N) is 1. The Morgan fingerprint density at radius 3 is 2.71 bits per heavy atom. The largest absolute Gasteiger partial charge is 0.491 e. The molecule has 0 saturated heterocycles. The van der Waals surface area contributed by atoms with E-state index in [1.807, 2.05) is 42.5 Å². The second-order valence-corrected chi connectivity index (χ2v) is 5.05. The molecule has 4 nitrogen and oxygen atoms in total. The van der Waals surface area contributed by atoms with Crippen LogP contribution in [0.1, 0.15) is 11.3 Å². The summed E-state index contributed by atoms with van der Waals surface area (Å²) >= 11 is 0. The predicted octanol–water partition coefficient (Wildman–Crippen LogP) is 3.33. The first-order valence-corrected chi connectivity index (χ1v) is 7.67. The first kappa shape index (κ1) is 16.0. The van der Waals surface area contributed by atoms with Crippen LogP contribution in [0.3, 0.4) is 0 Å². The average molecular weight is 324 g/mol. The highest BCUT2D eigenvalue weighted by molar-refractivity contribution is 5.77. The van der Waals surface area contributed by atoms with E-state index in [0.29, 0.717) is 13.2 Å². The maximum Gasteiger partial charge on any atom is 0.138 e. The molecule has 0 aliphatic rings. The van der Waals surface area contributed by atoms with Crippen molar-refractivity contribution in [2.24, 2.45) is 0 Å². The quantitative estimate of drug-likeness (QED) is 0.559. The van der Waals surface area contributed by atoms with Gasteiger partial charge in [0, 0.05) is 17.1 Å². The summed E-state index contributed by atoms with van der Waals surface area (Å²) in [4.78, 5) is 7.42. The predicted molar refractivity (Wildman–Crippen MR) is 90.8 cm³/mol. The molecule has 3 rings (SSSR count). The molecule has 5 heteroatoms. The third-order valence-electron chi connectivity index (χ3n) is 3.31. The molecule has 2 heterocycles. The van der Waals surface area contributed by atoms with Crippen LogP contribution >= 0.6 is 0 Å². The summed E-state index contributed by atoms with van der Waals surface area (Å²) in [6.45, 7) is 0.411. The number of benzene rings is 1. The minimum absolute atomic E-state index is 0.112. The summed E-state index contributed by atoms with van der Waals surface area (Å²) in [6.07, 6.45) is 1.75. The van der Waals surface area contributed by atoms with Gasteiger partial charge in [0.25, 0.3) is 0 Å². The van der Waals surface area contributed by atoms with E-state index in [1.165, 1.54) is 0 Å². The van der Waals surface area contributed by atoms with Crippen LogP contribution in [0.25, 0.3) is 11.0 Å². The highest BCUT2D eigenvalue weighted by Crippen LogP contribution is 2.13. The Labute approximate surface area is 139 Å². The van der Waals surface area contributed by atoms with Gasteiger partial charge in [-0.2, -0.15) is 0 Å². The van der Waals surface area contributed by atoms with Gasteiger partial charge in [-0.25, -0.2) is 9.37 Å². The molecule has 0 fully saturated rings. The van der Waals surface area contributed by atoms with Gasteiger partial charge in [-0.15, -0.1) is 0 Å². The lowest BCUT2D eigenvalue weighted by atomic mass is 10.2. The lowest BCUT2D eigenvalue weighted by Gasteiger charge is -2.06. The van der Waals surface area contributed by atoms with E-state index < -0.39 is 6.67 Å². The van der Waals surface area contributed by atoms with E-state index in [0.717, 1.165) is 28.0 Å². The number of rotatable bonds is 6. The Balaban J connectivity index is 1.58. The lowest BCUT2D eigenvalue weighted by Crippen LogP contribution is -2.08. The maximum atomic E-state index is 11.9. The van der Waals surface area contributed by atoms with Crippen molar-refractivity contribution in [3.8, 4) is 17.6 Å². The number of pyridine rings is 1. The van der Waals surface area contributed by atoms with Crippen LogP contribution in [0.5, 0.6) is 5.75 Å². The van der Waals surface area contributed by atoms with E-state index in [2.05, 4.69) is 21.8 Å². The van der Waals surface area contributed by atoms with Crippen molar-refractivity contribution in [2.45, 2.75) is 0 Å². The van der Waals surface area contributed by atoms with Gasteiger partial charge in [-0.3, -0.25) is 0 Å². The summed E-state index contributed by atoms with van der Waals surface area (Å²) < 4.78 is 22.4. The van der Waals surface area contributed by atoms with Crippen LogP contribution in [0, 0.1) is 11.8 Å². The van der Waals surface area contributed by atoms with Gasteiger partial charge in [0.15, 0.2) is 0 Å². The van der Waals surface area contributed by atoms with Crippen molar-refractivity contribution in [3.05, 3.63) is 59.9 Å². The molecule has 0 radical (unpaired) electrons.